The summed E-state index contributed by atoms with van der Waals surface area (Å²) in [6.45, 7) is -4.57. The van der Waals surface area contributed by atoms with Crippen LogP contribution < -0.4 is 45.0 Å². The Balaban J connectivity index is 0.772. The third-order valence-corrected chi connectivity index (χ3v) is 21.7. The summed E-state index contributed by atoms with van der Waals surface area (Å²) in [5.41, 5.74) is -5.06. The second-order valence-corrected chi connectivity index (χ2v) is 30.3. The second-order valence-electron chi connectivity index (χ2n) is 24.6. The van der Waals surface area contributed by atoms with E-state index >= 15 is 0 Å². The SMILES string of the molecule is CO[C@@H]1[C@H](O)[C@@H](COP(=O)(O)O[C@H]2[C@@H](OC)[C@H](n3ccc(=O)[nH]c3=O)O[C@@H]2COP(=O)(O)O[C@H]2[C@@H](OC)[C@H](n3ccc(=O)[nH]c3=O)O[C@@H]2COP(=O)(O)O[C@H]2[C@@H](OC)[C@H](n3ccc(=O)[nH]c3=O)O[C@@H]2COP(=O)(O)OCCCCOC2CCCCCc3c(-c4ccccc4)noc32)O[C@H]1n1ccc(=O)[nH]c1=O. The molecule has 4 saturated heterocycles. The van der Waals surface area contributed by atoms with Gasteiger partial charge in [-0.1, -0.05) is 48.3 Å². The first-order valence-electron chi connectivity index (χ1n) is 32.9. The minimum atomic E-state index is -5.77. The van der Waals surface area contributed by atoms with E-state index in [1.54, 1.807) is 0 Å². The summed E-state index contributed by atoms with van der Waals surface area (Å²) in [4.78, 5) is 154. The van der Waals surface area contributed by atoms with Gasteiger partial charge in [-0.15, -0.1) is 0 Å². The number of aromatic nitrogens is 9. The molecule has 6 aromatic rings. The van der Waals surface area contributed by atoms with Gasteiger partial charge in [0.1, 0.15) is 85.0 Å². The Kier molecular flexibility index (Phi) is 26.6. The highest BCUT2D eigenvalue weighted by Gasteiger charge is 2.56. The Labute approximate surface area is 601 Å². The van der Waals surface area contributed by atoms with Crippen molar-refractivity contribution in [3.63, 3.8) is 0 Å². The molecule has 4 fully saturated rings. The van der Waals surface area contributed by atoms with Crippen molar-refractivity contribution in [3.8, 4) is 11.3 Å². The molecule has 44 nitrogen and oxygen atoms in total. The largest absolute Gasteiger partial charge is 0.472 e. The van der Waals surface area contributed by atoms with E-state index < -0.39 is 207 Å². The first-order chi connectivity index (χ1) is 51.0. The molecule has 0 radical (unpaired) electrons. The molecule has 9 N–H and O–H groups in total. The van der Waals surface area contributed by atoms with Crippen LogP contribution in [0.15, 0.2) is 122 Å². The topological polar surface area (TPSA) is 572 Å². The number of aliphatic hydroxyl groups excluding tert-OH is 1. The molecule has 5 unspecified atom stereocenters. The quantitative estimate of drug-likeness (QED) is 0.0192. The molecule has 0 saturated carbocycles. The Bertz CT molecular complexity index is 4760. The molecule has 1 aliphatic carbocycles. The van der Waals surface area contributed by atoms with Crippen molar-refractivity contribution in [3.05, 3.63) is 174 Å². The molecular formula is C59H77N9O35P4. The van der Waals surface area contributed by atoms with Crippen LogP contribution >= 0.6 is 31.3 Å². The maximum Gasteiger partial charge on any atom is 0.472 e. The lowest BCUT2D eigenvalue weighted by molar-refractivity contribution is -0.0679. The maximum atomic E-state index is 14.4. The maximum absolute atomic E-state index is 14.4. The van der Waals surface area contributed by atoms with Crippen molar-refractivity contribution in [2.24, 2.45) is 0 Å². The van der Waals surface area contributed by atoms with Crippen LogP contribution in [0.1, 0.15) is 80.9 Å². The molecule has 5 aromatic heterocycles. The number of methoxy groups -OCH3 is 4. The number of fused-ring (bicyclic) bond motifs is 1. The minimum absolute atomic E-state index is 0.186. The molecule has 0 amide bonds. The predicted molar refractivity (Wildman–Crippen MR) is 356 cm³/mol. The van der Waals surface area contributed by atoms with Gasteiger partial charge in [-0.3, -0.25) is 93.6 Å². The normalized spacial score (nSPS) is 29.7. The summed E-state index contributed by atoms with van der Waals surface area (Å²) < 4.78 is 161. The highest BCUT2D eigenvalue weighted by Crippen LogP contribution is 2.55. The van der Waals surface area contributed by atoms with E-state index in [-0.39, 0.29) is 19.6 Å². The fraction of sp³-hybridized carbons (Fsp3) is 0.576. The smallest absolute Gasteiger partial charge is 0.387 e. The number of rotatable bonds is 34. The summed E-state index contributed by atoms with van der Waals surface area (Å²) >= 11 is 0. The number of H-pyrrole nitrogens is 4. The summed E-state index contributed by atoms with van der Waals surface area (Å²) in [6.07, 6.45) is -19.5. The van der Waals surface area contributed by atoms with Gasteiger partial charge >= 0.3 is 54.0 Å². The Morgan fingerprint density at radius 1 is 0.458 bits per heavy atom. The summed E-state index contributed by atoms with van der Waals surface area (Å²) in [6, 6.07) is 13.3. The predicted octanol–water partition coefficient (Wildman–Crippen LogP) is 0.148. The molecule has 0 spiro atoms. The van der Waals surface area contributed by atoms with Gasteiger partial charge in [-0.05, 0) is 32.1 Å². The number of hydrogen-bond acceptors (Lipinski definition) is 32. The molecule has 1 aromatic carbocycles. The number of ether oxygens (including phenoxy) is 9. The number of unbranched alkanes of at least 4 members (excludes halogenated alkanes) is 1. The van der Waals surface area contributed by atoms with Crippen molar-refractivity contribution in [2.75, 3.05) is 68.1 Å². The Morgan fingerprint density at radius 2 is 0.832 bits per heavy atom. The zero-order chi connectivity index (χ0) is 76.7. The van der Waals surface area contributed by atoms with Crippen LogP contribution in [0.25, 0.3) is 11.3 Å². The first-order valence-corrected chi connectivity index (χ1v) is 38.9. The minimum Gasteiger partial charge on any atom is -0.387 e. The van der Waals surface area contributed by atoms with Crippen LogP contribution in [0.4, 0.5) is 0 Å². The van der Waals surface area contributed by atoms with Crippen LogP contribution in [0.2, 0.25) is 0 Å². The number of benzene rings is 1. The third kappa shape index (κ3) is 19.5. The van der Waals surface area contributed by atoms with E-state index in [0.29, 0.717) is 18.6 Å². The van der Waals surface area contributed by atoms with E-state index in [4.69, 9.17) is 83.3 Å². The van der Waals surface area contributed by atoms with Crippen molar-refractivity contribution >= 4 is 31.3 Å². The van der Waals surface area contributed by atoms with Gasteiger partial charge in [0.15, 0.2) is 30.7 Å². The molecule has 0 bridgehead atoms. The monoisotopic (exact) mass is 1600 g/mol. The van der Waals surface area contributed by atoms with Gasteiger partial charge in [0.05, 0.1) is 33.0 Å². The Morgan fingerprint density at radius 3 is 1.23 bits per heavy atom. The van der Waals surface area contributed by atoms with Crippen molar-refractivity contribution in [1.82, 2.24) is 43.4 Å². The number of phosphoric ester groups is 4. The second kappa shape index (κ2) is 35.0. The molecule has 48 heteroatoms. The number of hydrogen-bond donors (Lipinski definition) is 9. The van der Waals surface area contributed by atoms with Gasteiger partial charge in [0, 0.05) is 95.2 Å². The number of nitrogens with one attached hydrogen (secondary N) is 4. The van der Waals surface area contributed by atoms with E-state index in [2.05, 4.69) is 5.16 Å². The molecular weight excluding hydrogens is 1520 g/mol. The number of phosphoric acid groups is 4. The van der Waals surface area contributed by atoms with E-state index in [9.17, 15) is 81.3 Å². The van der Waals surface area contributed by atoms with E-state index in [1.165, 1.54) is 0 Å². The van der Waals surface area contributed by atoms with Gasteiger partial charge in [-0.25, -0.2) is 37.4 Å². The van der Waals surface area contributed by atoms with Gasteiger partial charge in [0.25, 0.3) is 22.2 Å². The fourth-order valence-corrected chi connectivity index (χ4v) is 16.4. The van der Waals surface area contributed by atoms with Crippen molar-refractivity contribution < 1.29 is 126 Å². The zero-order valence-electron chi connectivity index (χ0n) is 57.0. The molecule has 588 valence electrons. The van der Waals surface area contributed by atoms with Crippen molar-refractivity contribution in [1.29, 1.82) is 0 Å². The van der Waals surface area contributed by atoms with Gasteiger partial charge in [0.2, 0.25) is 0 Å². The molecule has 21 atom stereocenters. The number of nitrogens with zero attached hydrogens (tertiary/aromatic N) is 5. The fourth-order valence-electron chi connectivity index (χ4n) is 12.8. The van der Waals surface area contributed by atoms with Gasteiger partial charge in [-0.2, -0.15) is 0 Å². The molecule has 11 rings (SSSR count). The van der Waals surface area contributed by atoms with Crippen molar-refractivity contribution in [2.45, 2.75) is 149 Å². The van der Waals surface area contributed by atoms with E-state index in [0.717, 1.165) is 138 Å². The third-order valence-electron chi connectivity index (χ3n) is 17.8. The summed E-state index contributed by atoms with van der Waals surface area (Å²) in [5.74, 6) is 0.638. The van der Waals surface area contributed by atoms with E-state index in [1.807, 2.05) is 50.3 Å². The standard InChI is InChI=1S/C59H77N9O35P4/c1-86-48-43(73)34(96-52(48)65-21-17-38(69)60-56(65)74)27-93-105(80,81)101-46-36(98-54(50(46)88-3)67-23-19-40(71)62-58(67)76)29-95-107(84,85)103-47-37(99-55(51(47)89-4)68-24-20-41(72)63-59(68)77)30-94-106(82,83)102-45-35(97-53(49(45)87-2)66-22-18-39(70)61-57(66)75)28-92-104(78,79)91-26-12-11-25-90-33-16-10-6-9-15-32-42(64-100-44(32)33)31-13-7-5-8-14-31/h5,7-8,13-14,17-24,33-37,43,45-55,73H,6,9-12,15-16,25-30H2,1-4H3,(H,78,79)(H,80,81)(H,82,83)(H,84,85)(H,60,69,74)(H,61,70,75)(H,62,71,76)(H,63,72,77)/t33?,34-,35-,36-,37-,43-,45-,46-,47-,48-,49-,50-,51-,52-,53-,54-,55-/m1/s1. The molecule has 5 aliphatic rings. The molecule has 4 aliphatic heterocycles. The average molecular weight is 1600 g/mol. The molecule has 107 heavy (non-hydrogen) atoms. The summed E-state index contributed by atoms with van der Waals surface area (Å²) in [7, 11) is -17.8. The van der Waals surface area contributed by atoms with Crippen LogP contribution in [-0.2, 0) is 104 Å². The number of aromatic amines is 4. The average Bonchev–Trinajstić information content (AvgIpc) is 1.65. The van der Waals surface area contributed by atoms with Crippen LogP contribution in [-0.4, -0.2) is 209 Å². The number of aliphatic hydroxyl groups is 1. The highest BCUT2D eigenvalue weighted by atomic mass is 31.2. The zero-order valence-corrected chi connectivity index (χ0v) is 60.6. The van der Waals surface area contributed by atoms with Crippen LogP contribution in [0.5, 0.6) is 0 Å². The lowest BCUT2D eigenvalue weighted by Gasteiger charge is -2.28. The highest BCUT2D eigenvalue weighted by molar-refractivity contribution is 7.48. The molecule has 9 heterocycles. The Hall–Kier alpha value is -6.81. The van der Waals surface area contributed by atoms with Crippen LogP contribution in [0, 0.1) is 0 Å². The first kappa shape index (κ1) is 81.2. The van der Waals surface area contributed by atoms with Gasteiger partial charge < -0.3 is 71.8 Å². The summed E-state index contributed by atoms with van der Waals surface area (Å²) in [5, 5.41) is 15.5. The van der Waals surface area contributed by atoms with Crippen LogP contribution in [0.3, 0.4) is 0 Å². The lowest BCUT2D eigenvalue weighted by Crippen LogP contribution is -2.41. The lowest BCUT2D eigenvalue weighted by atomic mass is 9.93.